The van der Waals surface area contributed by atoms with Crippen LogP contribution in [0.3, 0.4) is 0 Å². The Kier molecular flexibility index (Phi) is 3.46. The number of thiophene rings is 1. The summed E-state index contributed by atoms with van der Waals surface area (Å²) in [5, 5.41) is 0. The van der Waals surface area contributed by atoms with Gasteiger partial charge in [-0.15, -0.1) is 23.1 Å². The van der Waals surface area contributed by atoms with E-state index in [-0.39, 0.29) is 5.91 Å². The number of nitrogens with zero attached hydrogens (tertiary/aromatic N) is 1. The molecular weight excluding hydrogens is 330 g/mol. The first kappa shape index (κ1) is 12.3. The first-order chi connectivity index (χ1) is 8.75. The highest BCUT2D eigenvalue weighted by Gasteiger charge is 2.24. The lowest BCUT2D eigenvalue weighted by Crippen LogP contribution is -2.34. The quantitative estimate of drug-likeness (QED) is 0.773. The van der Waals surface area contributed by atoms with Crippen molar-refractivity contribution >= 4 is 50.6 Å². The predicted octanol–water partition coefficient (Wildman–Crippen LogP) is 4.26. The Bertz CT molecular complexity index is 596. The lowest BCUT2D eigenvalue weighted by atomic mass is 10.2. The Morgan fingerprint density at radius 1 is 1.22 bits per heavy atom. The Hall–Kier alpha value is -0.780. The minimum atomic E-state index is 0.0958. The molecule has 3 rings (SSSR count). The van der Waals surface area contributed by atoms with Crippen molar-refractivity contribution < 1.29 is 4.79 Å². The van der Waals surface area contributed by atoms with Crippen molar-refractivity contribution in [2.24, 2.45) is 0 Å². The summed E-state index contributed by atoms with van der Waals surface area (Å²) in [6.07, 6.45) is 0. The third-order valence-electron chi connectivity index (χ3n) is 2.76. The van der Waals surface area contributed by atoms with Gasteiger partial charge in [-0.2, -0.15) is 0 Å². The lowest BCUT2D eigenvalue weighted by molar-refractivity contribution is 0.0991. The Morgan fingerprint density at radius 3 is 2.83 bits per heavy atom. The standard InChI is InChI=1S/C13H10BrNOS2/c14-12-6-5-11(18-12)13(16)15-7-8-17-10-4-2-1-3-9(10)15/h1-6H,7-8H2. The van der Waals surface area contributed by atoms with Gasteiger partial charge in [-0.3, -0.25) is 4.79 Å². The highest BCUT2D eigenvalue weighted by atomic mass is 79.9. The zero-order chi connectivity index (χ0) is 12.5. The number of carbonyl (C=O) groups excluding carboxylic acids is 1. The zero-order valence-electron chi connectivity index (χ0n) is 9.43. The topological polar surface area (TPSA) is 20.3 Å². The first-order valence-corrected chi connectivity index (χ1v) is 8.14. The van der Waals surface area contributed by atoms with Crippen LogP contribution >= 0.6 is 39.0 Å². The fraction of sp³-hybridized carbons (Fsp3) is 0.154. The number of hydrogen-bond donors (Lipinski definition) is 0. The van der Waals surface area contributed by atoms with Crippen LogP contribution in [0.1, 0.15) is 9.67 Å². The second-order valence-corrected chi connectivity index (χ2v) is 7.48. The molecule has 0 atom stereocenters. The Balaban J connectivity index is 1.96. The van der Waals surface area contributed by atoms with Crippen molar-refractivity contribution in [3.63, 3.8) is 0 Å². The highest BCUT2D eigenvalue weighted by Crippen LogP contribution is 2.36. The van der Waals surface area contributed by atoms with Crippen molar-refractivity contribution in [3.05, 3.63) is 45.1 Å². The zero-order valence-corrected chi connectivity index (χ0v) is 12.6. The summed E-state index contributed by atoms with van der Waals surface area (Å²) in [5.41, 5.74) is 1.03. The molecule has 0 aliphatic carbocycles. The van der Waals surface area contributed by atoms with Crippen LogP contribution in [0.2, 0.25) is 0 Å². The number of para-hydroxylation sites is 1. The summed E-state index contributed by atoms with van der Waals surface area (Å²) < 4.78 is 0.991. The number of thioether (sulfide) groups is 1. The van der Waals surface area contributed by atoms with Crippen molar-refractivity contribution in [1.29, 1.82) is 0 Å². The minimum Gasteiger partial charge on any atom is -0.306 e. The fourth-order valence-corrected chi connectivity index (χ4v) is 4.27. The van der Waals surface area contributed by atoms with E-state index in [1.165, 1.54) is 16.2 Å². The molecule has 1 aromatic carbocycles. The Morgan fingerprint density at radius 2 is 2.06 bits per heavy atom. The second-order valence-electron chi connectivity index (χ2n) is 3.88. The van der Waals surface area contributed by atoms with E-state index in [0.717, 1.165) is 26.6 Å². The number of carbonyl (C=O) groups is 1. The maximum atomic E-state index is 12.5. The Labute approximate surface area is 122 Å². The van der Waals surface area contributed by atoms with Gasteiger partial charge in [0.25, 0.3) is 5.91 Å². The molecule has 18 heavy (non-hydrogen) atoms. The summed E-state index contributed by atoms with van der Waals surface area (Å²) in [6, 6.07) is 11.9. The predicted molar refractivity (Wildman–Crippen MR) is 80.9 cm³/mol. The van der Waals surface area contributed by atoms with Gasteiger partial charge in [0.1, 0.15) is 0 Å². The number of hydrogen-bond acceptors (Lipinski definition) is 3. The van der Waals surface area contributed by atoms with E-state index < -0.39 is 0 Å². The maximum Gasteiger partial charge on any atom is 0.268 e. The lowest BCUT2D eigenvalue weighted by Gasteiger charge is -2.28. The number of fused-ring (bicyclic) bond motifs is 1. The average Bonchev–Trinajstić information content (AvgIpc) is 2.84. The van der Waals surface area contributed by atoms with Crippen LogP contribution in [0.15, 0.2) is 45.1 Å². The number of rotatable bonds is 1. The number of amides is 1. The van der Waals surface area contributed by atoms with E-state index in [2.05, 4.69) is 22.0 Å². The highest BCUT2D eigenvalue weighted by molar-refractivity contribution is 9.11. The van der Waals surface area contributed by atoms with Crippen molar-refractivity contribution in [1.82, 2.24) is 0 Å². The molecule has 0 saturated carbocycles. The third-order valence-corrected chi connectivity index (χ3v) is 5.41. The molecule has 0 N–H and O–H groups in total. The van der Waals surface area contributed by atoms with Crippen molar-refractivity contribution in [3.8, 4) is 0 Å². The van der Waals surface area contributed by atoms with Gasteiger partial charge < -0.3 is 4.90 Å². The molecule has 2 nitrogen and oxygen atoms in total. The van der Waals surface area contributed by atoms with Crippen LogP contribution in [0.5, 0.6) is 0 Å². The molecule has 1 amide bonds. The van der Waals surface area contributed by atoms with Crippen LogP contribution < -0.4 is 4.90 Å². The van der Waals surface area contributed by atoms with Gasteiger partial charge in [0.05, 0.1) is 14.4 Å². The SMILES string of the molecule is O=C(c1ccc(Br)s1)N1CCSc2ccccc21. The van der Waals surface area contributed by atoms with Gasteiger partial charge in [0, 0.05) is 17.2 Å². The number of halogens is 1. The normalized spacial score (nSPS) is 14.4. The van der Waals surface area contributed by atoms with E-state index in [0.29, 0.717) is 0 Å². The molecule has 0 unspecified atom stereocenters. The molecule has 5 heteroatoms. The molecule has 0 fully saturated rings. The van der Waals surface area contributed by atoms with Gasteiger partial charge in [-0.25, -0.2) is 0 Å². The second kappa shape index (κ2) is 5.07. The van der Waals surface area contributed by atoms with Crippen LogP contribution in [0.25, 0.3) is 0 Å². The smallest absolute Gasteiger partial charge is 0.268 e. The maximum absolute atomic E-state index is 12.5. The van der Waals surface area contributed by atoms with Gasteiger partial charge >= 0.3 is 0 Å². The van der Waals surface area contributed by atoms with E-state index in [9.17, 15) is 4.79 Å². The van der Waals surface area contributed by atoms with Gasteiger partial charge in [0.2, 0.25) is 0 Å². The van der Waals surface area contributed by atoms with Gasteiger partial charge in [0.15, 0.2) is 0 Å². The molecule has 0 spiro atoms. The molecule has 2 aromatic rings. The van der Waals surface area contributed by atoms with Gasteiger partial charge in [-0.1, -0.05) is 12.1 Å². The first-order valence-electron chi connectivity index (χ1n) is 5.55. The van der Waals surface area contributed by atoms with Gasteiger partial charge in [-0.05, 0) is 40.2 Å². The molecule has 1 aliphatic rings. The van der Waals surface area contributed by atoms with Crippen molar-refractivity contribution in [2.75, 3.05) is 17.2 Å². The molecule has 1 aliphatic heterocycles. The molecule has 0 bridgehead atoms. The minimum absolute atomic E-state index is 0.0958. The van der Waals surface area contributed by atoms with E-state index in [1.54, 1.807) is 0 Å². The van der Waals surface area contributed by atoms with Crippen LogP contribution in [0.4, 0.5) is 5.69 Å². The molecule has 1 aromatic heterocycles. The molecular formula is C13H10BrNOS2. The van der Waals surface area contributed by atoms with E-state index >= 15 is 0 Å². The van der Waals surface area contributed by atoms with E-state index in [4.69, 9.17) is 0 Å². The monoisotopic (exact) mass is 339 g/mol. The summed E-state index contributed by atoms with van der Waals surface area (Å²) in [5.74, 6) is 1.05. The average molecular weight is 340 g/mol. The summed E-state index contributed by atoms with van der Waals surface area (Å²) in [6.45, 7) is 0.774. The number of benzene rings is 1. The summed E-state index contributed by atoms with van der Waals surface area (Å²) >= 11 is 6.69. The fourth-order valence-electron chi connectivity index (χ4n) is 1.94. The number of anilines is 1. The van der Waals surface area contributed by atoms with E-state index in [1.807, 2.05) is 47.0 Å². The third kappa shape index (κ3) is 2.22. The molecule has 0 saturated heterocycles. The molecule has 0 radical (unpaired) electrons. The summed E-state index contributed by atoms with van der Waals surface area (Å²) in [4.78, 5) is 16.3. The molecule has 2 heterocycles. The van der Waals surface area contributed by atoms with Crippen LogP contribution in [0, 0.1) is 0 Å². The largest absolute Gasteiger partial charge is 0.306 e. The van der Waals surface area contributed by atoms with Crippen molar-refractivity contribution in [2.45, 2.75) is 4.90 Å². The summed E-state index contributed by atoms with van der Waals surface area (Å²) in [7, 11) is 0. The van der Waals surface area contributed by atoms with Crippen LogP contribution in [-0.4, -0.2) is 18.2 Å². The molecule has 92 valence electrons. The van der Waals surface area contributed by atoms with Crippen LogP contribution in [-0.2, 0) is 0 Å².